The van der Waals surface area contributed by atoms with Crippen LogP contribution in [0.4, 0.5) is 0 Å². The molecule has 19 heteroatoms. The number of rotatable bonds is 23. The van der Waals surface area contributed by atoms with Crippen molar-refractivity contribution in [3.63, 3.8) is 0 Å². The Hall–Kier alpha value is -6.79. The van der Waals surface area contributed by atoms with E-state index in [2.05, 4.69) is 20.9 Å². The molecule has 6 N–H and O–H groups in total. The minimum Gasteiger partial charge on any atom is -0.481 e. The standard InChI is InChI=1S/C37H43N5O14/c1-4-6-7-8-24(27(5-2)42(20-43)56-37(53)23-13-14-38-17-21(23)3)33(48)39-19-40-35(50)29-12-11-28(55-29)22-9-10-25(30(15-22)54-18-32(46)47)34(49)41-26(36(51)52)16-31(44)45/h9-15,17,20,24,26-27H,4-8,16,18-19H2,1-3H3,(H,39,48)(H,40,50)(H,41,49)(H,44,45)(H,46,47)(H,51,52)/t24?,26?,27-/m1/s1. The molecule has 0 aliphatic carbocycles. The van der Waals surface area contributed by atoms with Crippen molar-refractivity contribution in [3.8, 4) is 17.1 Å². The van der Waals surface area contributed by atoms with Gasteiger partial charge in [-0.1, -0.05) is 39.2 Å². The number of aliphatic carboxylic acids is 3. The summed E-state index contributed by atoms with van der Waals surface area (Å²) in [5.74, 6) is -8.81. The summed E-state index contributed by atoms with van der Waals surface area (Å²) < 4.78 is 10.9. The summed E-state index contributed by atoms with van der Waals surface area (Å²) in [5.41, 5.74) is 0.654. The predicted octanol–water partition coefficient (Wildman–Crippen LogP) is 2.78. The minimum absolute atomic E-state index is 0.0767. The number of nitrogens with zero attached hydrogens (tertiary/aromatic N) is 2. The van der Waals surface area contributed by atoms with Crippen LogP contribution in [0.2, 0.25) is 0 Å². The second kappa shape index (κ2) is 21.2. The van der Waals surface area contributed by atoms with Crippen molar-refractivity contribution in [2.24, 2.45) is 5.92 Å². The van der Waals surface area contributed by atoms with E-state index in [4.69, 9.17) is 24.2 Å². The predicted molar refractivity (Wildman–Crippen MR) is 193 cm³/mol. The SMILES string of the molecule is CCCCCC(C(=O)NCNC(=O)c1ccc(-c2ccc(C(=O)NC(CC(=O)O)C(=O)O)c(OCC(=O)O)c2)o1)[C@@H](CC)N(C=O)OC(=O)c1ccncc1C. The number of nitrogens with one attached hydrogen (secondary N) is 3. The van der Waals surface area contributed by atoms with E-state index in [1.807, 2.05) is 6.92 Å². The Bertz CT molecular complexity index is 1910. The third-order valence-electron chi connectivity index (χ3n) is 8.38. The topological polar surface area (TPSA) is 281 Å². The number of furan rings is 1. The number of carboxylic acids is 3. The molecule has 0 saturated heterocycles. The van der Waals surface area contributed by atoms with Crippen LogP contribution in [-0.4, -0.2) is 98.7 Å². The first-order valence-corrected chi connectivity index (χ1v) is 17.5. The molecule has 56 heavy (non-hydrogen) atoms. The second-order valence-corrected chi connectivity index (χ2v) is 12.4. The van der Waals surface area contributed by atoms with Gasteiger partial charge in [-0.05, 0) is 55.7 Å². The van der Waals surface area contributed by atoms with Crippen molar-refractivity contribution in [3.05, 3.63) is 71.2 Å². The average molecular weight is 782 g/mol. The van der Waals surface area contributed by atoms with Crippen LogP contribution >= 0.6 is 0 Å². The number of ether oxygens (including phenoxy) is 1. The number of carboxylic acid groups (broad SMARTS) is 3. The van der Waals surface area contributed by atoms with Crippen molar-refractivity contribution in [1.82, 2.24) is 26.0 Å². The van der Waals surface area contributed by atoms with Crippen LogP contribution in [0, 0.1) is 12.8 Å². The molecular formula is C37H43N5O14. The number of hydrogen-bond acceptors (Lipinski definition) is 12. The number of aromatic nitrogens is 1. The van der Waals surface area contributed by atoms with E-state index >= 15 is 0 Å². The molecule has 4 amide bonds. The largest absolute Gasteiger partial charge is 0.481 e. The first-order valence-electron chi connectivity index (χ1n) is 17.5. The Morgan fingerprint density at radius 3 is 2.30 bits per heavy atom. The van der Waals surface area contributed by atoms with E-state index < -0.39 is 72.6 Å². The summed E-state index contributed by atoms with van der Waals surface area (Å²) >= 11 is 0. The van der Waals surface area contributed by atoms with Gasteiger partial charge in [-0.15, -0.1) is 0 Å². The lowest BCUT2D eigenvalue weighted by atomic mass is 9.90. The highest BCUT2D eigenvalue weighted by atomic mass is 16.7. The maximum absolute atomic E-state index is 13.5. The molecule has 0 bridgehead atoms. The highest BCUT2D eigenvalue weighted by Gasteiger charge is 2.34. The summed E-state index contributed by atoms with van der Waals surface area (Å²) in [6.07, 6.45) is 5.22. The van der Waals surface area contributed by atoms with Crippen LogP contribution in [-0.2, 0) is 28.8 Å². The highest BCUT2D eigenvalue weighted by molar-refractivity contribution is 6.00. The third-order valence-corrected chi connectivity index (χ3v) is 8.38. The number of carbonyl (C=O) groups excluding carboxylic acids is 5. The highest BCUT2D eigenvalue weighted by Crippen LogP contribution is 2.29. The van der Waals surface area contributed by atoms with Gasteiger partial charge in [-0.25, -0.2) is 14.4 Å². The fraction of sp³-hybridized carbons (Fsp3) is 0.378. The normalized spacial score (nSPS) is 12.3. The molecule has 2 aromatic heterocycles. The molecule has 2 unspecified atom stereocenters. The zero-order valence-corrected chi connectivity index (χ0v) is 30.8. The molecule has 19 nitrogen and oxygen atoms in total. The van der Waals surface area contributed by atoms with Gasteiger partial charge in [0.05, 0.1) is 36.2 Å². The molecule has 0 fully saturated rings. The maximum Gasteiger partial charge on any atom is 0.363 e. The van der Waals surface area contributed by atoms with Crippen molar-refractivity contribution in [2.45, 2.75) is 71.4 Å². The van der Waals surface area contributed by atoms with Crippen molar-refractivity contribution in [2.75, 3.05) is 13.3 Å². The molecule has 0 radical (unpaired) electrons. The molecule has 0 spiro atoms. The lowest BCUT2D eigenvalue weighted by Gasteiger charge is -2.32. The van der Waals surface area contributed by atoms with Gasteiger partial charge >= 0.3 is 23.9 Å². The van der Waals surface area contributed by atoms with E-state index in [1.165, 1.54) is 48.8 Å². The maximum atomic E-state index is 13.5. The summed E-state index contributed by atoms with van der Waals surface area (Å²) in [6, 6.07) is 5.28. The number of unbranched alkanes of at least 4 members (excludes halogenated alkanes) is 2. The van der Waals surface area contributed by atoms with Gasteiger partial charge in [-0.3, -0.25) is 29.0 Å². The van der Waals surface area contributed by atoms with Gasteiger partial charge < -0.3 is 45.3 Å². The second-order valence-electron chi connectivity index (χ2n) is 12.4. The van der Waals surface area contributed by atoms with Gasteiger partial charge in [-0.2, -0.15) is 5.06 Å². The molecular weight excluding hydrogens is 738 g/mol. The van der Waals surface area contributed by atoms with Gasteiger partial charge in [0, 0.05) is 18.0 Å². The molecule has 3 rings (SSSR count). The van der Waals surface area contributed by atoms with Crippen LogP contribution in [0.25, 0.3) is 11.3 Å². The Balaban J connectivity index is 1.73. The zero-order chi connectivity index (χ0) is 41.4. The number of carbonyl (C=O) groups is 8. The number of pyridine rings is 1. The third kappa shape index (κ3) is 12.4. The van der Waals surface area contributed by atoms with E-state index in [9.17, 15) is 43.5 Å². The molecule has 1 aromatic carbocycles. The fourth-order valence-corrected chi connectivity index (χ4v) is 5.55. The number of benzene rings is 1. The first kappa shape index (κ1) is 43.6. The van der Waals surface area contributed by atoms with Gasteiger partial charge in [0.25, 0.3) is 11.8 Å². The quantitative estimate of drug-likeness (QED) is 0.0349. The van der Waals surface area contributed by atoms with E-state index in [1.54, 1.807) is 13.8 Å². The smallest absolute Gasteiger partial charge is 0.363 e. The summed E-state index contributed by atoms with van der Waals surface area (Å²) in [6.45, 7) is 4.16. The van der Waals surface area contributed by atoms with Crippen LogP contribution in [0.5, 0.6) is 5.75 Å². The molecule has 0 aliphatic heterocycles. The Labute approximate surface area is 320 Å². The number of hydrogen-bond donors (Lipinski definition) is 6. The van der Waals surface area contributed by atoms with Crippen LogP contribution in [0.15, 0.2) is 53.2 Å². The molecule has 2 heterocycles. The first-order chi connectivity index (χ1) is 26.7. The molecule has 3 atom stereocenters. The molecule has 0 aliphatic rings. The Morgan fingerprint density at radius 2 is 1.68 bits per heavy atom. The van der Waals surface area contributed by atoms with Gasteiger partial charge in [0.15, 0.2) is 12.4 Å². The van der Waals surface area contributed by atoms with E-state index in [-0.39, 0.29) is 47.0 Å². The van der Waals surface area contributed by atoms with E-state index in [0.29, 0.717) is 24.8 Å². The molecule has 3 aromatic rings. The monoisotopic (exact) mass is 781 g/mol. The van der Waals surface area contributed by atoms with Crippen molar-refractivity contribution in [1.29, 1.82) is 0 Å². The Kier molecular flexibility index (Phi) is 16.5. The fourth-order valence-electron chi connectivity index (χ4n) is 5.55. The van der Waals surface area contributed by atoms with Gasteiger partial charge in [0.1, 0.15) is 17.6 Å². The number of amides is 4. The molecule has 0 saturated carbocycles. The van der Waals surface area contributed by atoms with Crippen LogP contribution in [0.1, 0.15) is 89.2 Å². The van der Waals surface area contributed by atoms with E-state index in [0.717, 1.165) is 17.9 Å². The Morgan fingerprint density at radius 1 is 0.929 bits per heavy atom. The lowest BCUT2D eigenvalue weighted by Crippen LogP contribution is -2.49. The van der Waals surface area contributed by atoms with Crippen LogP contribution in [0.3, 0.4) is 0 Å². The average Bonchev–Trinajstić information content (AvgIpc) is 3.66. The summed E-state index contributed by atoms with van der Waals surface area (Å²) in [7, 11) is 0. The van der Waals surface area contributed by atoms with Gasteiger partial charge in [0.2, 0.25) is 12.3 Å². The number of hydroxylamine groups is 2. The summed E-state index contributed by atoms with van der Waals surface area (Å²) in [5, 5.41) is 35.4. The van der Waals surface area contributed by atoms with Crippen molar-refractivity contribution >= 4 is 48.0 Å². The zero-order valence-electron chi connectivity index (χ0n) is 30.8. The van der Waals surface area contributed by atoms with Crippen molar-refractivity contribution < 1.29 is 67.7 Å². The van der Waals surface area contributed by atoms with Crippen LogP contribution < -0.4 is 20.7 Å². The number of aryl methyl sites for hydroxylation is 1. The lowest BCUT2D eigenvalue weighted by molar-refractivity contribution is -0.171. The molecule has 300 valence electrons. The minimum atomic E-state index is -1.79. The summed E-state index contributed by atoms with van der Waals surface area (Å²) in [4.78, 5) is 107.